The fraction of sp³-hybridized carbons (Fsp3) is 0.385. The summed E-state index contributed by atoms with van der Waals surface area (Å²) >= 11 is 0. The van der Waals surface area contributed by atoms with Crippen LogP contribution in [0.25, 0.3) is 0 Å². The number of carboxylic acid groups (broad SMARTS) is 1. The molecule has 0 aliphatic rings. The van der Waals surface area contributed by atoms with Gasteiger partial charge in [0.05, 0.1) is 6.26 Å². The number of carbonyl (C=O) groups is 2. The quantitative estimate of drug-likeness (QED) is 0.722. The summed E-state index contributed by atoms with van der Waals surface area (Å²) in [6, 6.07) is 4.72. The standard InChI is InChI=1S/C13H18N2O5S/c1-8(2)11(13(17)18)14-12(16)9-4-6-10(7-5-9)15-21(3,19)20/h4-8,11,15H,1-3H3,(H,14,16)(H,17,18)/t11-/m1/s1. The smallest absolute Gasteiger partial charge is 0.326 e. The summed E-state index contributed by atoms with van der Waals surface area (Å²) in [6.45, 7) is 3.39. The molecule has 0 radical (unpaired) electrons. The molecule has 0 aliphatic carbocycles. The zero-order chi connectivity index (χ0) is 16.2. The monoisotopic (exact) mass is 314 g/mol. The van der Waals surface area contributed by atoms with Crippen molar-refractivity contribution in [3.8, 4) is 0 Å². The van der Waals surface area contributed by atoms with Crippen LogP contribution in [0.5, 0.6) is 0 Å². The molecule has 0 unspecified atom stereocenters. The van der Waals surface area contributed by atoms with Crippen LogP contribution in [0.15, 0.2) is 24.3 Å². The molecular formula is C13H18N2O5S. The van der Waals surface area contributed by atoms with Crippen LogP contribution < -0.4 is 10.0 Å². The number of carbonyl (C=O) groups excluding carboxylic acids is 1. The van der Waals surface area contributed by atoms with Crippen LogP contribution in [0.4, 0.5) is 5.69 Å². The molecule has 116 valence electrons. The molecule has 0 aromatic heterocycles. The molecule has 0 fully saturated rings. The molecule has 1 amide bonds. The molecule has 0 aliphatic heterocycles. The van der Waals surface area contributed by atoms with Crippen molar-refractivity contribution in [2.45, 2.75) is 19.9 Å². The van der Waals surface area contributed by atoms with E-state index in [2.05, 4.69) is 10.0 Å². The van der Waals surface area contributed by atoms with Crippen LogP contribution >= 0.6 is 0 Å². The van der Waals surface area contributed by atoms with E-state index in [0.29, 0.717) is 5.69 Å². The number of hydrogen-bond acceptors (Lipinski definition) is 4. The largest absolute Gasteiger partial charge is 0.480 e. The highest BCUT2D eigenvalue weighted by Crippen LogP contribution is 2.11. The van der Waals surface area contributed by atoms with Crippen molar-refractivity contribution in [1.82, 2.24) is 5.32 Å². The van der Waals surface area contributed by atoms with E-state index in [1.807, 2.05) is 0 Å². The topological polar surface area (TPSA) is 113 Å². The third kappa shape index (κ3) is 5.42. The van der Waals surface area contributed by atoms with Crippen LogP contribution in [0, 0.1) is 5.92 Å². The number of rotatable bonds is 6. The number of benzene rings is 1. The van der Waals surface area contributed by atoms with Crippen LogP contribution in [0.3, 0.4) is 0 Å². The zero-order valence-corrected chi connectivity index (χ0v) is 12.8. The van der Waals surface area contributed by atoms with Gasteiger partial charge in [0.15, 0.2) is 0 Å². The zero-order valence-electron chi connectivity index (χ0n) is 12.0. The Morgan fingerprint density at radius 2 is 1.67 bits per heavy atom. The normalized spacial score (nSPS) is 12.8. The molecule has 0 saturated heterocycles. The van der Waals surface area contributed by atoms with Crippen LogP contribution in [0.2, 0.25) is 0 Å². The van der Waals surface area contributed by atoms with E-state index in [0.717, 1.165) is 6.26 Å². The first-order valence-corrected chi connectivity index (χ1v) is 8.11. The first kappa shape index (κ1) is 17.0. The van der Waals surface area contributed by atoms with Crippen LogP contribution in [-0.4, -0.2) is 37.7 Å². The third-order valence-electron chi connectivity index (χ3n) is 2.67. The number of anilines is 1. The number of sulfonamides is 1. The Labute approximate surface area is 123 Å². The molecule has 3 N–H and O–H groups in total. The summed E-state index contributed by atoms with van der Waals surface area (Å²) in [7, 11) is -3.38. The van der Waals surface area contributed by atoms with Crippen molar-refractivity contribution in [3.05, 3.63) is 29.8 Å². The highest BCUT2D eigenvalue weighted by atomic mass is 32.2. The highest BCUT2D eigenvalue weighted by Gasteiger charge is 2.23. The Morgan fingerprint density at radius 1 is 1.14 bits per heavy atom. The Morgan fingerprint density at radius 3 is 2.05 bits per heavy atom. The molecule has 0 saturated carbocycles. The van der Waals surface area contributed by atoms with E-state index >= 15 is 0 Å². The number of carboxylic acids is 1. The highest BCUT2D eigenvalue weighted by molar-refractivity contribution is 7.92. The molecule has 0 heterocycles. The van der Waals surface area contributed by atoms with Gasteiger partial charge in [-0.1, -0.05) is 13.8 Å². The third-order valence-corrected chi connectivity index (χ3v) is 3.28. The SMILES string of the molecule is CC(C)[C@@H](NC(=O)c1ccc(NS(C)(=O)=O)cc1)C(=O)O. The van der Waals surface area contributed by atoms with Crippen molar-refractivity contribution < 1.29 is 23.1 Å². The van der Waals surface area contributed by atoms with Gasteiger partial charge < -0.3 is 10.4 Å². The van der Waals surface area contributed by atoms with Gasteiger partial charge in [-0.15, -0.1) is 0 Å². The number of hydrogen-bond donors (Lipinski definition) is 3. The van der Waals surface area contributed by atoms with Gasteiger partial charge in [0.1, 0.15) is 6.04 Å². The summed E-state index contributed by atoms with van der Waals surface area (Å²) in [4.78, 5) is 23.0. The summed E-state index contributed by atoms with van der Waals surface area (Å²) in [5.74, 6) is -1.88. The van der Waals surface area contributed by atoms with E-state index in [9.17, 15) is 18.0 Å². The molecule has 1 atom stereocenters. The molecule has 7 nitrogen and oxygen atoms in total. The van der Waals surface area contributed by atoms with Crippen molar-refractivity contribution >= 4 is 27.6 Å². The lowest BCUT2D eigenvalue weighted by molar-refractivity contribution is -0.140. The lowest BCUT2D eigenvalue weighted by Gasteiger charge is -2.17. The number of amides is 1. The van der Waals surface area contributed by atoms with Gasteiger partial charge >= 0.3 is 5.97 Å². The molecule has 1 aromatic rings. The number of aliphatic carboxylic acids is 1. The molecule has 0 bridgehead atoms. The Kier molecular flexibility index (Phi) is 5.31. The minimum Gasteiger partial charge on any atom is -0.480 e. The van der Waals surface area contributed by atoms with Crippen molar-refractivity contribution in [1.29, 1.82) is 0 Å². The van der Waals surface area contributed by atoms with Crippen molar-refractivity contribution in [2.24, 2.45) is 5.92 Å². The van der Waals surface area contributed by atoms with Gasteiger partial charge in [0.25, 0.3) is 5.91 Å². The maximum absolute atomic E-state index is 11.9. The Bertz CT molecular complexity index is 622. The first-order valence-electron chi connectivity index (χ1n) is 6.21. The predicted molar refractivity (Wildman–Crippen MR) is 78.6 cm³/mol. The second kappa shape index (κ2) is 6.57. The summed E-state index contributed by atoms with van der Waals surface area (Å²) < 4.78 is 24.4. The summed E-state index contributed by atoms with van der Waals surface area (Å²) in [5.41, 5.74) is 0.577. The van der Waals surface area contributed by atoms with E-state index in [1.54, 1.807) is 13.8 Å². The van der Waals surface area contributed by atoms with E-state index in [1.165, 1.54) is 24.3 Å². The lowest BCUT2D eigenvalue weighted by atomic mass is 10.0. The maximum atomic E-state index is 11.9. The predicted octanol–water partition coefficient (Wildman–Crippen LogP) is 0.897. The minimum absolute atomic E-state index is 0.251. The lowest BCUT2D eigenvalue weighted by Crippen LogP contribution is -2.44. The second-order valence-electron chi connectivity index (χ2n) is 4.98. The van der Waals surface area contributed by atoms with Crippen molar-refractivity contribution in [3.63, 3.8) is 0 Å². The molecule has 8 heteroatoms. The van der Waals surface area contributed by atoms with E-state index < -0.39 is 27.9 Å². The van der Waals surface area contributed by atoms with Gasteiger partial charge in [-0.2, -0.15) is 0 Å². The van der Waals surface area contributed by atoms with E-state index in [4.69, 9.17) is 5.11 Å². The van der Waals surface area contributed by atoms with Gasteiger partial charge in [0, 0.05) is 11.3 Å². The van der Waals surface area contributed by atoms with Crippen molar-refractivity contribution in [2.75, 3.05) is 11.0 Å². The minimum atomic E-state index is -3.38. The molecule has 21 heavy (non-hydrogen) atoms. The first-order chi connectivity index (χ1) is 9.60. The van der Waals surface area contributed by atoms with E-state index in [-0.39, 0.29) is 11.5 Å². The van der Waals surface area contributed by atoms with Crippen LogP contribution in [0.1, 0.15) is 24.2 Å². The average Bonchev–Trinajstić information content (AvgIpc) is 2.33. The van der Waals surface area contributed by atoms with Gasteiger partial charge in [-0.05, 0) is 30.2 Å². The Balaban J connectivity index is 2.82. The molecule has 0 spiro atoms. The molecule has 1 aromatic carbocycles. The average molecular weight is 314 g/mol. The van der Waals surface area contributed by atoms with Gasteiger partial charge in [0.2, 0.25) is 10.0 Å². The molecular weight excluding hydrogens is 296 g/mol. The summed E-state index contributed by atoms with van der Waals surface area (Å²) in [6.07, 6.45) is 1.02. The summed E-state index contributed by atoms with van der Waals surface area (Å²) in [5, 5.41) is 11.4. The maximum Gasteiger partial charge on any atom is 0.326 e. The van der Waals surface area contributed by atoms with Gasteiger partial charge in [-0.25, -0.2) is 13.2 Å². The Hall–Kier alpha value is -2.09. The second-order valence-corrected chi connectivity index (χ2v) is 6.73. The fourth-order valence-corrected chi connectivity index (χ4v) is 2.21. The molecule has 1 rings (SSSR count). The van der Waals surface area contributed by atoms with Gasteiger partial charge in [-0.3, -0.25) is 9.52 Å². The fourth-order valence-electron chi connectivity index (χ4n) is 1.64. The van der Waals surface area contributed by atoms with Crippen LogP contribution in [-0.2, 0) is 14.8 Å². The number of nitrogens with one attached hydrogen (secondary N) is 2.